The van der Waals surface area contributed by atoms with Gasteiger partial charge in [0.15, 0.2) is 0 Å². The maximum Gasteiger partial charge on any atom is 0.307 e. The zero-order valence-corrected chi connectivity index (χ0v) is 17.4. The molecule has 1 fully saturated rings. The molecule has 1 heterocycles. The molecule has 0 radical (unpaired) electrons. The van der Waals surface area contributed by atoms with Crippen LogP contribution in [0.4, 0.5) is 0 Å². The number of nitrogens with zero attached hydrogens (tertiary/aromatic N) is 2. The zero-order valence-electron chi connectivity index (χ0n) is 17.4. The maximum absolute atomic E-state index is 11.1. The van der Waals surface area contributed by atoms with E-state index in [1.807, 2.05) is 42.5 Å². The molecule has 0 aromatic heterocycles. The molecule has 5 nitrogen and oxygen atoms in total. The van der Waals surface area contributed by atoms with Crippen molar-refractivity contribution in [3.63, 3.8) is 0 Å². The Morgan fingerprint density at radius 1 is 0.968 bits per heavy atom. The normalized spacial score (nSPS) is 16.6. The topological polar surface area (TPSA) is 62.1 Å². The van der Waals surface area contributed by atoms with Gasteiger partial charge in [-0.05, 0) is 35.2 Å². The highest BCUT2D eigenvalue weighted by Crippen LogP contribution is 2.33. The van der Waals surface area contributed by atoms with Crippen LogP contribution in [0.1, 0.15) is 12.0 Å². The smallest absolute Gasteiger partial charge is 0.307 e. The largest absolute Gasteiger partial charge is 0.481 e. The summed E-state index contributed by atoms with van der Waals surface area (Å²) in [6, 6.07) is 26.9. The van der Waals surface area contributed by atoms with Gasteiger partial charge >= 0.3 is 5.97 Å². The second-order valence-electron chi connectivity index (χ2n) is 7.69. The Bertz CT molecular complexity index is 1050. The highest BCUT2D eigenvalue weighted by atomic mass is 16.6. The monoisotopic (exact) mass is 414 g/mol. The lowest BCUT2D eigenvalue weighted by atomic mass is 9.92. The predicted octanol–water partition coefficient (Wildman–Crippen LogP) is 4.78. The van der Waals surface area contributed by atoms with Crippen molar-refractivity contribution >= 4 is 12.2 Å². The number of carboxylic acids is 1. The molecule has 31 heavy (non-hydrogen) atoms. The molecule has 4 rings (SSSR count). The number of hydrogen-bond donors (Lipinski definition) is 1. The average molecular weight is 415 g/mol. The van der Waals surface area contributed by atoms with E-state index in [1.54, 1.807) is 6.21 Å². The average Bonchev–Trinajstić information content (AvgIpc) is 3.29. The Balaban J connectivity index is 1.44. The first-order valence-corrected chi connectivity index (χ1v) is 10.6. The molecule has 1 saturated heterocycles. The van der Waals surface area contributed by atoms with Crippen molar-refractivity contribution in [1.29, 1.82) is 0 Å². The van der Waals surface area contributed by atoms with Gasteiger partial charge < -0.3 is 9.94 Å². The molecule has 0 amide bonds. The van der Waals surface area contributed by atoms with Crippen LogP contribution in [-0.4, -0.2) is 48.4 Å². The maximum atomic E-state index is 11.1. The van der Waals surface area contributed by atoms with Crippen LogP contribution in [0.25, 0.3) is 22.3 Å². The number of benzene rings is 3. The van der Waals surface area contributed by atoms with E-state index in [4.69, 9.17) is 9.94 Å². The molecular weight excluding hydrogens is 388 g/mol. The predicted molar refractivity (Wildman–Crippen MR) is 123 cm³/mol. The second-order valence-corrected chi connectivity index (χ2v) is 7.69. The first-order valence-electron chi connectivity index (χ1n) is 10.6. The van der Waals surface area contributed by atoms with Gasteiger partial charge in [0, 0.05) is 18.7 Å². The van der Waals surface area contributed by atoms with Crippen LogP contribution in [0.15, 0.2) is 84.0 Å². The molecular formula is C26H26N2O3. The Morgan fingerprint density at radius 3 is 2.39 bits per heavy atom. The van der Waals surface area contributed by atoms with Gasteiger partial charge in [0.25, 0.3) is 0 Å². The van der Waals surface area contributed by atoms with Crippen molar-refractivity contribution in [3.8, 4) is 22.3 Å². The van der Waals surface area contributed by atoms with Crippen molar-refractivity contribution < 1.29 is 14.7 Å². The lowest BCUT2D eigenvalue weighted by molar-refractivity contribution is -0.141. The molecule has 1 atom stereocenters. The van der Waals surface area contributed by atoms with Gasteiger partial charge in [0.1, 0.15) is 6.61 Å². The van der Waals surface area contributed by atoms with Crippen LogP contribution in [-0.2, 0) is 9.63 Å². The molecule has 0 saturated carbocycles. The van der Waals surface area contributed by atoms with E-state index in [0.717, 1.165) is 23.2 Å². The highest BCUT2D eigenvalue weighted by molar-refractivity contribution is 5.94. The van der Waals surface area contributed by atoms with E-state index >= 15 is 0 Å². The van der Waals surface area contributed by atoms with Crippen molar-refractivity contribution in [2.75, 3.05) is 26.2 Å². The minimum atomic E-state index is -0.714. The minimum absolute atomic E-state index is 0.264. The summed E-state index contributed by atoms with van der Waals surface area (Å²) >= 11 is 0. The number of rotatable bonds is 8. The number of likely N-dealkylation sites (tertiary alicyclic amines) is 1. The fraction of sp³-hybridized carbons (Fsp3) is 0.231. The number of hydrogen-bond acceptors (Lipinski definition) is 4. The molecule has 0 spiro atoms. The Labute approximate surface area is 182 Å². The first-order chi connectivity index (χ1) is 15.2. The molecule has 1 N–H and O–H groups in total. The lowest BCUT2D eigenvalue weighted by Crippen LogP contribution is -2.26. The van der Waals surface area contributed by atoms with E-state index < -0.39 is 5.97 Å². The van der Waals surface area contributed by atoms with Gasteiger partial charge in [-0.3, -0.25) is 9.69 Å². The van der Waals surface area contributed by atoms with Crippen LogP contribution in [0.3, 0.4) is 0 Å². The number of aliphatic carboxylic acids is 1. The second kappa shape index (κ2) is 10.0. The molecule has 0 aliphatic carbocycles. The number of carboxylic acid groups (broad SMARTS) is 1. The molecule has 1 aliphatic heterocycles. The molecule has 1 aliphatic rings. The summed E-state index contributed by atoms with van der Waals surface area (Å²) in [5.74, 6) is -0.978. The van der Waals surface area contributed by atoms with Crippen LogP contribution in [0.2, 0.25) is 0 Å². The fourth-order valence-electron chi connectivity index (χ4n) is 4.00. The lowest BCUT2D eigenvalue weighted by Gasteiger charge is -2.14. The Morgan fingerprint density at radius 2 is 1.65 bits per heavy atom. The third-order valence-electron chi connectivity index (χ3n) is 5.65. The van der Waals surface area contributed by atoms with Crippen LogP contribution in [0.5, 0.6) is 0 Å². The summed E-state index contributed by atoms with van der Waals surface area (Å²) < 4.78 is 0. The van der Waals surface area contributed by atoms with Crippen LogP contribution >= 0.6 is 0 Å². The number of carbonyl (C=O) groups is 1. The van der Waals surface area contributed by atoms with Crippen LogP contribution in [0, 0.1) is 5.92 Å². The third-order valence-corrected chi connectivity index (χ3v) is 5.65. The molecule has 0 bridgehead atoms. The SMILES string of the molecule is O=C(O)C1CCN(CCO/N=C/c2ccccc2-c2ccccc2-c2ccccc2)C1. The molecule has 3 aromatic rings. The first kappa shape index (κ1) is 20.8. The summed E-state index contributed by atoms with van der Waals surface area (Å²) in [4.78, 5) is 18.7. The van der Waals surface area contributed by atoms with E-state index in [-0.39, 0.29) is 5.92 Å². The van der Waals surface area contributed by atoms with Gasteiger partial charge in [-0.1, -0.05) is 84.0 Å². The van der Waals surface area contributed by atoms with Gasteiger partial charge in [0.2, 0.25) is 0 Å². The summed E-state index contributed by atoms with van der Waals surface area (Å²) in [5, 5.41) is 13.3. The van der Waals surface area contributed by atoms with Crippen molar-refractivity contribution in [1.82, 2.24) is 4.90 Å². The summed E-state index contributed by atoms with van der Waals surface area (Å²) in [7, 11) is 0. The number of oxime groups is 1. The van der Waals surface area contributed by atoms with E-state index in [1.165, 1.54) is 11.1 Å². The van der Waals surface area contributed by atoms with Crippen molar-refractivity contribution in [3.05, 3.63) is 84.4 Å². The Hall–Kier alpha value is -3.44. The summed E-state index contributed by atoms with van der Waals surface area (Å²) in [5.41, 5.74) is 5.57. The van der Waals surface area contributed by atoms with Crippen molar-refractivity contribution in [2.45, 2.75) is 6.42 Å². The van der Waals surface area contributed by atoms with E-state index in [2.05, 4.69) is 46.5 Å². The van der Waals surface area contributed by atoms with Gasteiger partial charge in [-0.25, -0.2) is 0 Å². The van der Waals surface area contributed by atoms with Gasteiger partial charge in [-0.2, -0.15) is 0 Å². The van der Waals surface area contributed by atoms with E-state index in [9.17, 15) is 4.79 Å². The van der Waals surface area contributed by atoms with Gasteiger partial charge in [-0.15, -0.1) is 0 Å². The molecule has 1 unspecified atom stereocenters. The minimum Gasteiger partial charge on any atom is -0.481 e. The highest BCUT2D eigenvalue weighted by Gasteiger charge is 2.27. The van der Waals surface area contributed by atoms with E-state index in [0.29, 0.717) is 26.1 Å². The fourth-order valence-corrected chi connectivity index (χ4v) is 4.00. The molecule has 5 heteroatoms. The third kappa shape index (κ3) is 5.19. The van der Waals surface area contributed by atoms with Gasteiger partial charge in [0.05, 0.1) is 12.1 Å². The molecule has 3 aromatic carbocycles. The standard InChI is InChI=1S/C26H26N2O3/c29-26(30)22-14-15-28(19-22)16-17-31-27-18-21-10-4-5-12-24(21)25-13-7-6-11-23(25)20-8-2-1-3-9-20/h1-13,18,22H,14-17,19H2,(H,29,30)/b27-18+. The Kier molecular flexibility index (Phi) is 6.75. The summed E-state index contributed by atoms with van der Waals surface area (Å²) in [6.45, 7) is 2.50. The molecule has 158 valence electrons. The zero-order chi connectivity index (χ0) is 21.5. The van der Waals surface area contributed by atoms with Crippen molar-refractivity contribution in [2.24, 2.45) is 11.1 Å². The summed E-state index contributed by atoms with van der Waals surface area (Å²) in [6.07, 6.45) is 2.45. The quantitative estimate of drug-likeness (QED) is 0.327. The van der Waals surface area contributed by atoms with Crippen LogP contribution < -0.4 is 0 Å².